The Morgan fingerprint density at radius 1 is 1.08 bits per heavy atom. The minimum Gasteiger partial charge on any atom is -0.497 e. The molecule has 4 aromatic rings. The predicted octanol–water partition coefficient (Wildman–Crippen LogP) is 5.12. The first-order chi connectivity index (χ1) is 17.1. The molecule has 0 unspecified atom stereocenters. The summed E-state index contributed by atoms with van der Waals surface area (Å²) in [5.41, 5.74) is 1.00. The van der Waals surface area contributed by atoms with Crippen LogP contribution in [0.1, 0.15) is 30.9 Å². The lowest BCUT2D eigenvalue weighted by molar-refractivity contribution is 0.0688. The molecule has 1 aromatic carbocycles. The van der Waals surface area contributed by atoms with Gasteiger partial charge in [0.2, 0.25) is 0 Å². The molecule has 0 saturated carbocycles. The smallest absolute Gasteiger partial charge is 0.277 e. The Morgan fingerprint density at radius 3 is 2.58 bits per heavy atom. The molecule has 8 nitrogen and oxygen atoms in total. The molecule has 0 aliphatic carbocycles. The molecular weight excluding hydrogens is 503 g/mol. The fraction of sp³-hybridized carbons (Fsp3) is 0.231. The fourth-order valence-electron chi connectivity index (χ4n) is 3.54. The average molecular weight is 527 g/mol. The molecule has 0 saturated heterocycles. The number of aromatic nitrogens is 4. The number of rotatable bonds is 7. The Hall–Kier alpha value is -3.46. The molecule has 0 fully saturated rings. The van der Waals surface area contributed by atoms with Gasteiger partial charge in [0.1, 0.15) is 28.7 Å². The number of hydrogen-bond acceptors (Lipinski definition) is 7. The van der Waals surface area contributed by atoms with Gasteiger partial charge in [0.05, 0.1) is 29.2 Å². The maximum Gasteiger partial charge on any atom is 0.277 e. The Bertz CT molecular complexity index is 1480. The second-order valence-corrected chi connectivity index (χ2v) is 9.38. The minimum atomic E-state index is -1.23. The van der Waals surface area contributed by atoms with Crippen LogP contribution in [0.2, 0.25) is 10.0 Å². The number of benzene rings is 1. The molecule has 0 aliphatic heterocycles. The van der Waals surface area contributed by atoms with Crippen LogP contribution in [0, 0.1) is 6.92 Å². The monoisotopic (exact) mass is 526 g/mol. The van der Waals surface area contributed by atoms with Crippen molar-refractivity contribution in [3.05, 3.63) is 92.3 Å². The fourth-order valence-corrected chi connectivity index (χ4v) is 3.93. The van der Waals surface area contributed by atoms with E-state index in [1.165, 1.54) is 17.0 Å². The van der Waals surface area contributed by atoms with Gasteiger partial charge in [-0.05, 0) is 50.6 Å². The lowest BCUT2D eigenvalue weighted by Crippen LogP contribution is -2.22. The first-order valence-electron chi connectivity index (χ1n) is 11.0. The number of methoxy groups -OCH3 is 1. The van der Waals surface area contributed by atoms with E-state index in [1.54, 1.807) is 46.1 Å². The van der Waals surface area contributed by atoms with Crippen molar-refractivity contribution in [1.82, 2.24) is 19.5 Å². The average Bonchev–Trinajstić information content (AvgIpc) is 2.86. The van der Waals surface area contributed by atoms with Crippen LogP contribution in [0.15, 0.2) is 59.7 Å². The number of pyridine rings is 2. The molecule has 0 spiro atoms. The third kappa shape index (κ3) is 5.36. The third-order valence-electron chi connectivity index (χ3n) is 5.37. The molecule has 3 aromatic heterocycles. The van der Waals surface area contributed by atoms with E-state index in [4.69, 9.17) is 32.7 Å². The number of halogens is 2. The van der Waals surface area contributed by atoms with Gasteiger partial charge in [-0.3, -0.25) is 14.3 Å². The van der Waals surface area contributed by atoms with Crippen molar-refractivity contribution in [1.29, 1.82) is 0 Å². The van der Waals surface area contributed by atoms with Crippen LogP contribution in [-0.2, 0) is 12.2 Å². The summed E-state index contributed by atoms with van der Waals surface area (Å²) in [5, 5.41) is 10.4. The van der Waals surface area contributed by atoms with Crippen molar-refractivity contribution < 1.29 is 14.6 Å². The molecule has 0 atom stereocenters. The lowest BCUT2D eigenvalue weighted by atomic mass is 10.1. The molecule has 4 rings (SSSR count). The van der Waals surface area contributed by atoms with Crippen LogP contribution in [0.5, 0.6) is 11.5 Å². The lowest BCUT2D eigenvalue weighted by Gasteiger charge is -2.17. The zero-order chi connectivity index (χ0) is 26.0. The van der Waals surface area contributed by atoms with Crippen LogP contribution in [0.4, 0.5) is 0 Å². The maximum atomic E-state index is 13.3. The summed E-state index contributed by atoms with van der Waals surface area (Å²) < 4.78 is 12.5. The van der Waals surface area contributed by atoms with Gasteiger partial charge < -0.3 is 14.6 Å². The molecule has 186 valence electrons. The van der Waals surface area contributed by atoms with Crippen molar-refractivity contribution in [3.8, 4) is 28.6 Å². The molecule has 0 amide bonds. The molecular formula is C26H24Cl2N4O4. The van der Waals surface area contributed by atoms with E-state index in [2.05, 4.69) is 15.0 Å². The summed E-state index contributed by atoms with van der Waals surface area (Å²) in [6, 6.07) is 12.4. The summed E-state index contributed by atoms with van der Waals surface area (Å²) in [7, 11) is 1.59. The molecule has 10 heteroatoms. The van der Waals surface area contributed by atoms with Crippen LogP contribution >= 0.6 is 23.2 Å². The second-order valence-electron chi connectivity index (χ2n) is 8.59. The van der Waals surface area contributed by atoms with Crippen molar-refractivity contribution in [2.75, 3.05) is 7.11 Å². The Morgan fingerprint density at radius 2 is 1.86 bits per heavy atom. The zero-order valence-corrected chi connectivity index (χ0v) is 21.6. The zero-order valence-electron chi connectivity index (χ0n) is 20.1. The highest BCUT2D eigenvalue weighted by molar-refractivity contribution is 6.33. The standard InChI is InChI=1S/C26H24Cl2N4O4/c1-15-10-22(36-14-16-6-5-7-17(11-16)35-4)23(28)24(33)32(15)21-12-20(30-13-18(21)27)19-8-9-29-25(31-19)26(2,3)34/h5-13,34H,14H2,1-4H3. The van der Waals surface area contributed by atoms with Crippen LogP contribution < -0.4 is 15.0 Å². The van der Waals surface area contributed by atoms with E-state index in [0.717, 1.165) is 5.56 Å². The number of aryl methyl sites for hydroxylation is 1. The van der Waals surface area contributed by atoms with E-state index in [0.29, 0.717) is 28.5 Å². The van der Waals surface area contributed by atoms with Gasteiger partial charge in [-0.25, -0.2) is 9.97 Å². The first kappa shape index (κ1) is 25.6. The van der Waals surface area contributed by atoms with Crippen molar-refractivity contribution >= 4 is 23.2 Å². The highest BCUT2D eigenvalue weighted by Crippen LogP contribution is 2.29. The molecule has 0 radical (unpaired) electrons. The first-order valence-corrected chi connectivity index (χ1v) is 11.7. The number of aliphatic hydroxyl groups is 1. The van der Waals surface area contributed by atoms with Gasteiger partial charge in [0.15, 0.2) is 5.82 Å². The van der Waals surface area contributed by atoms with Gasteiger partial charge in [0.25, 0.3) is 5.56 Å². The Balaban J connectivity index is 1.71. The topological polar surface area (TPSA) is 99.4 Å². The number of hydrogen-bond donors (Lipinski definition) is 1. The Labute approximate surface area is 218 Å². The molecule has 36 heavy (non-hydrogen) atoms. The summed E-state index contributed by atoms with van der Waals surface area (Å²) in [6.07, 6.45) is 2.97. The Kier molecular flexibility index (Phi) is 7.31. The largest absolute Gasteiger partial charge is 0.497 e. The van der Waals surface area contributed by atoms with Crippen LogP contribution in [0.3, 0.4) is 0 Å². The van der Waals surface area contributed by atoms with Crippen LogP contribution in [-0.4, -0.2) is 31.7 Å². The number of ether oxygens (including phenoxy) is 2. The summed E-state index contributed by atoms with van der Waals surface area (Å²) in [4.78, 5) is 26.2. The molecule has 1 N–H and O–H groups in total. The SMILES string of the molecule is COc1cccc(COc2cc(C)n(-c3cc(-c4ccnc(C(C)(C)O)n4)ncc3Cl)c(=O)c2Cl)c1. The summed E-state index contributed by atoms with van der Waals surface area (Å²) in [6.45, 7) is 5.15. The molecule has 0 aliphatic rings. The van der Waals surface area contributed by atoms with Crippen LogP contribution in [0.25, 0.3) is 17.1 Å². The molecule has 3 heterocycles. The van der Waals surface area contributed by atoms with Gasteiger partial charge in [-0.15, -0.1) is 0 Å². The number of nitrogens with zero attached hydrogens (tertiary/aromatic N) is 4. The van der Waals surface area contributed by atoms with Crippen molar-refractivity contribution in [2.45, 2.75) is 33.0 Å². The van der Waals surface area contributed by atoms with E-state index >= 15 is 0 Å². The van der Waals surface area contributed by atoms with Gasteiger partial charge in [0, 0.05) is 24.2 Å². The highest BCUT2D eigenvalue weighted by Gasteiger charge is 2.21. The van der Waals surface area contributed by atoms with E-state index in [-0.39, 0.29) is 28.2 Å². The minimum absolute atomic E-state index is 0.0794. The van der Waals surface area contributed by atoms with E-state index < -0.39 is 11.2 Å². The van der Waals surface area contributed by atoms with E-state index in [9.17, 15) is 9.90 Å². The van der Waals surface area contributed by atoms with Gasteiger partial charge in [-0.1, -0.05) is 35.3 Å². The second kappa shape index (κ2) is 10.3. The quantitative estimate of drug-likeness (QED) is 0.356. The maximum absolute atomic E-state index is 13.3. The normalized spacial score (nSPS) is 11.4. The van der Waals surface area contributed by atoms with E-state index in [1.807, 2.05) is 24.3 Å². The highest BCUT2D eigenvalue weighted by atomic mass is 35.5. The summed E-state index contributed by atoms with van der Waals surface area (Å²) >= 11 is 12.9. The van der Waals surface area contributed by atoms with Crippen molar-refractivity contribution in [2.24, 2.45) is 0 Å². The summed E-state index contributed by atoms with van der Waals surface area (Å²) in [5.74, 6) is 1.21. The third-order valence-corrected chi connectivity index (χ3v) is 6.01. The van der Waals surface area contributed by atoms with Gasteiger partial charge in [-0.2, -0.15) is 0 Å². The van der Waals surface area contributed by atoms with Gasteiger partial charge >= 0.3 is 0 Å². The molecule has 0 bridgehead atoms. The van der Waals surface area contributed by atoms with Crippen molar-refractivity contribution in [3.63, 3.8) is 0 Å². The predicted molar refractivity (Wildman–Crippen MR) is 138 cm³/mol.